The van der Waals surface area contributed by atoms with Crippen molar-refractivity contribution in [2.45, 2.75) is 25.3 Å². The molecule has 1 fully saturated rings. The monoisotopic (exact) mass is 366 g/mol. The molecule has 0 aliphatic carbocycles. The first-order valence-corrected chi connectivity index (χ1v) is 9.76. The predicted molar refractivity (Wildman–Crippen MR) is 111 cm³/mol. The van der Waals surface area contributed by atoms with E-state index in [0.29, 0.717) is 19.6 Å². The van der Waals surface area contributed by atoms with E-state index in [-0.39, 0.29) is 5.78 Å². The van der Waals surface area contributed by atoms with E-state index < -0.39 is 5.54 Å². The Balaban J connectivity index is 2.00. The molecule has 0 amide bonds. The summed E-state index contributed by atoms with van der Waals surface area (Å²) in [6, 6.07) is 18.3. The van der Waals surface area contributed by atoms with Crippen LogP contribution in [0.5, 0.6) is 0 Å². The van der Waals surface area contributed by atoms with Gasteiger partial charge in [-0.3, -0.25) is 9.69 Å². The Morgan fingerprint density at radius 3 is 2.30 bits per heavy atom. The predicted octanol–water partition coefficient (Wildman–Crippen LogP) is 3.66. The van der Waals surface area contributed by atoms with Gasteiger partial charge in [0.05, 0.1) is 18.8 Å². The van der Waals surface area contributed by atoms with Crippen molar-refractivity contribution in [3.05, 3.63) is 65.7 Å². The second-order valence-corrected chi connectivity index (χ2v) is 7.39. The fourth-order valence-electron chi connectivity index (χ4n) is 3.97. The first-order chi connectivity index (χ1) is 13.1. The molecule has 0 spiro atoms. The highest BCUT2D eigenvalue weighted by Crippen LogP contribution is 2.32. The van der Waals surface area contributed by atoms with Crippen LogP contribution in [0.2, 0.25) is 0 Å². The van der Waals surface area contributed by atoms with Gasteiger partial charge >= 0.3 is 0 Å². The number of carbonyl (C=O) groups excluding carboxylic acids is 1. The van der Waals surface area contributed by atoms with Gasteiger partial charge in [-0.05, 0) is 44.6 Å². The van der Waals surface area contributed by atoms with Crippen LogP contribution in [0.25, 0.3) is 0 Å². The Morgan fingerprint density at radius 1 is 1.04 bits per heavy atom. The Morgan fingerprint density at radius 2 is 1.67 bits per heavy atom. The average Bonchev–Trinajstić information content (AvgIpc) is 2.72. The number of rotatable bonds is 7. The lowest BCUT2D eigenvalue weighted by atomic mass is 9.79. The number of anilines is 1. The molecule has 1 unspecified atom stereocenters. The Bertz CT molecular complexity index is 754. The topological polar surface area (TPSA) is 32.8 Å². The van der Waals surface area contributed by atoms with Crippen LogP contribution in [-0.2, 0) is 11.2 Å². The largest absolute Gasteiger partial charge is 0.378 e. The molecule has 2 aromatic carbocycles. The number of likely N-dealkylation sites (N-methyl/N-ethyl adjacent to an activating group) is 1. The highest BCUT2D eigenvalue weighted by atomic mass is 16.5. The molecule has 1 saturated heterocycles. The van der Waals surface area contributed by atoms with Crippen LogP contribution in [0.1, 0.15) is 29.3 Å². The van der Waals surface area contributed by atoms with Crippen LogP contribution in [0.3, 0.4) is 0 Å². The number of benzene rings is 2. The molecule has 1 atom stereocenters. The molecule has 3 rings (SSSR count). The van der Waals surface area contributed by atoms with Crippen LogP contribution in [0.15, 0.2) is 54.6 Å². The molecule has 4 heteroatoms. The van der Waals surface area contributed by atoms with Crippen LogP contribution in [0.4, 0.5) is 5.69 Å². The van der Waals surface area contributed by atoms with Gasteiger partial charge in [0.2, 0.25) is 0 Å². The number of para-hydroxylation sites is 1. The van der Waals surface area contributed by atoms with Crippen molar-refractivity contribution in [3.8, 4) is 0 Å². The number of nitrogens with zero attached hydrogens (tertiary/aromatic N) is 2. The molecule has 0 N–H and O–H groups in total. The Hall–Kier alpha value is -2.17. The second kappa shape index (κ2) is 8.68. The molecular formula is C23H30N2O2. The van der Waals surface area contributed by atoms with E-state index in [2.05, 4.69) is 34.9 Å². The summed E-state index contributed by atoms with van der Waals surface area (Å²) < 4.78 is 5.49. The van der Waals surface area contributed by atoms with Gasteiger partial charge in [0.1, 0.15) is 0 Å². The maximum atomic E-state index is 13.9. The van der Waals surface area contributed by atoms with Gasteiger partial charge in [-0.25, -0.2) is 0 Å². The van der Waals surface area contributed by atoms with Crippen molar-refractivity contribution in [1.29, 1.82) is 0 Å². The first kappa shape index (κ1) is 19.6. The van der Waals surface area contributed by atoms with Gasteiger partial charge in [-0.1, -0.05) is 49.4 Å². The molecule has 0 aromatic heterocycles. The minimum absolute atomic E-state index is 0.195. The lowest BCUT2D eigenvalue weighted by molar-refractivity contribution is 0.0666. The first-order valence-electron chi connectivity index (χ1n) is 9.76. The molecular weight excluding hydrogens is 336 g/mol. The summed E-state index contributed by atoms with van der Waals surface area (Å²) in [5.74, 6) is 0.195. The Kier molecular flexibility index (Phi) is 6.30. The smallest absolute Gasteiger partial charge is 0.185 e. The summed E-state index contributed by atoms with van der Waals surface area (Å²) >= 11 is 0. The molecule has 0 radical (unpaired) electrons. The standard InChI is InChI=1S/C23H30N2O2/c1-4-23(24(2)3,18-19-10-6-5-7-11-19)22(26)20-12-8-9-13-21(20)25-14-16-27-17-15-25/h5-13H,4,14-18H2,1-3H3. The van der Waals surface area contributed by atoms with E-state index in [9.17, 15) is 4.79 Å². The fourth-order valence-corrected chi connectivity index (χ4v) is 3.97. The zero-order chi connectivity index (χ0) is 19.3. The maximum Gasteiger partial charge on any atom is 0.185 e. The number of carbonyl (C=O) groups is 1. The zero-order valence-corrected chi connectivity index (χ0v) is 16.6. The minimum atomic E-state index is -0.566. The zero-order valence-electron chi connectivity index (χ0n) is 16.6. The molecule has 4 nitrogen and oxygen atoms in total. The van der Waals surface area contributed by atoms with Crippen molar-refractivity contribution in [2.75, 3.05) is 45.3 Å². The second-order valence-electron chi connectivity index (χ2n) is 7.39. The molecule has 144 valence electrons. The van der Waals surface area contributed by atoms with Gasteiger partial charge in [0.15, 0.2) is 5.78 Å². The lowest BCUT2D eigenvalue weighted by Gasteiger charge is -2.39. The van der Waals surface area contributed by atoms with E-state index in [4.69, 9.17) is 4.74 Å². The lowest BCUT2D eigenvalue weighted by Crippen LogP contribution is -2.53. The van der Waals surface area contributed by atoms with Crippen LogP contribution >= 0.6 is 0 Å². The third kappa shape index (κ3) is 4.07. The summed E-state index contributed by atoms with van der Waals surface area (Å²) in [5.41, 5.74) is 2.46. The normalized spacial score (nSPS) is 17.0. The van der Waals surface area contributed by atoms with Crippen molar-refractivity contribution >= 4 is 11.5 Å². The van der Waals surface area contributed by atoms with Crippen molar-refractivity contribution < 1.29 is 9.53 Å². The molecule has 27 heavy (non-hydrogen) atoms. The maximum absolute atomic E-state index is 13.9. The van der Waals surface area contributed by atoms with E-state index in [0.717, 1.165) is 30.8 Å². The van der Waals surface area contributed by atoms with Gasteiger partial charge in [-0.2, -0.15) is 0 Å². The minimum Gasteiger partial charge on any atom is -0.378 e. The molecule has 1 aliphatic heterocycles. The van der Waals surface area contributed by atoms with Crippen molar-refractivity contribution in [3.63, 3.8) is 0 Å². The molecule has 0 bridgehead atoms. The van der Waals surface area contributed by atoms with Crippen molar-refractivity contribution in [2.24, 2.45) is 0 Å². The van der Waals surface area contributed by atoms with Gasteiger partial charge in [0, 0.05) is 24.3 Å². The number of Topliss-reactive ketones (excluding diaryl/α,β-unsaturated/α-hetero) is 1. The van der Waals surface area contributed by atoms with Crippen LogP contribution < -0.4 is 4.90 Å². The van der Waals surface area contributed by atoms with E-state index in [1.54, 1.807) is 0 Å². The fraction of sp³-hybridized carbons (Fsp3) is 0.435. The Labute approximate surface area is 162 Å². The molecule has 2 aromatic rings. The van der Waals surface area contributed by atoms with E-state index in [1.165, 1.54) is 5.56 Å². The summed E-state index contributed by atoms with van der Waals surface area (Å²) in [6.45, 7) is 5.17. The third-order valence-corrected chi connectivity index (χ3v) is 5.70. The summed E-state index contributed by atoms with van der Waals surface area (Å²) in [6.07, 6.45) is 1.46. The average molecular weight is 367 g/mol. The number of hydrogen-bond donors (Lipinski definition) is 0. The van der Waals surface area contributed by atoms with E-state index in [1.807, 2.05) is 50.5 Å². The molecule has 0 saturated carbocycles. The third-order valence-electron chi connectivity index (χ3n) is 5.70. The quantitative estimate of drug-likeness (QED) is 0.700. The summed E-state index contributed by atoms with van der Waals surface area (Å²) in [7, 11) is 4.03. The van der Waals surface area contributed by atoms with Crippen LogP contribution in [0, 0.1) is 0 Å². The number of morpholine rings is 1. The van der Waals surface area contributed by atoms with Gasteiger partial charge in [0.25, 0.3) is 0 Å². The molecule has 1 heterocycles. The SMILES string of the molecule is CCC(Cc1ccccc1)(C(=O)c1ccccc1N1CCOCC1)N(C)C. The number of ketones is 1. The number of ether oxygens (including phenoxy) is 1. The van der Waals surface area contributed by atoms with Crippen molar-refractivity contribution in [1.82, 2.24) is 4.90 Å². The summed E-state index contributed by atoms with van der Waals surface area (Å²) in [4.78, 5) is 18.3. The number of hydrogen-bond acceptors (Lipinski definition) is 4. The highest BCUT2D eigenvalue weighted by molar-refractivity contribution is 6.07. The van der Waals surface area contributed by atoms with Gasteiger partial charge < -0.3 is 9.64 Å². The van der Waals surface area contributed by atoms with Crippen LogP contribution in [-0.4, -0.2) is 56.6 Å². The highest BCUT2D eigenvalue weighted by Gasteiger charge is 2.40. The molecule has 1 aliphatic rings. The van der Waals surface area contributed by atoms with Gasteiger partial charge in [-0.15, -0.1) is 0 Å². The summed E-state index contributed by atoms with van der Waals surface area (Å²) in [5, 5.41) is 0. The van der Waals surface area contributed by atoms with E-state index >= 15 is 0 Å².